The minimum atomic E-state index is -0.988. The lowest BCUT2D eigenvalue weighted by atomic mass is 9.96. The summed E-state index contributed by atoms with van der Waals surface area (Å²) < 4.78 is 18.8. The molecule has 0 aliphatic carbocycles. The van der Waals surface area contributed by atoms with E-state index >= 15 is 0 Å². The van der Waals surface area contributed by atoms with E-state index in [2.05, 4.69) is 48.6 Å². The minimum Gasteiger partial charge on any atom is -0.489 e. The van der Waals surface area contributed by atoms with Gasteiger partial charge in [0, 0.05) is 80.4 Å². The fraction of sp³-hybridized carbons (Fsp3) is 0.526. The maximum absolute atomic E-state index is 12.1. The Morgan fingerprint density at radius 3 is 2.04 bits per heavy atom. The van der Waals surface area contributed by atoms with E-state index < -0.39 is 24.4 Å². The van der Waals surface area contributed by atoms with Gasteiger partial charge in [-0.05, 0) is 70.5 Å². The van der Waals surface area contributed by atoms with E-state index in [0.29, 0.717) is 43.1 Å². The number of hydrogen-bond donors (Lipinski definition) is 2. The lowest BCUT2D eigenvalue weighted by Gasteiger charge is -2.46. The fourth-order valence-electron chi connectivity index (χ4n) is 7.05. The van der Waals surface area contributed by atoms with Crippen LogP contribution in [0, 0.1) is 20.8 Å². The quantitative estimate of drug-likeness (QED) is 0.160. The minimum absolute atomic E-state index is 0.00545. The van der Waals surface area contributed by atoms with Gasteiger partial charge in [0.1, 0.15) is 30.7 Å². The predicted octanol–water partition coefficient (Wildman–Crippen LogP) is 5.53. The molecule has 0 bridgehead atoms. The zero-order valence-corrected chi connectivity index (χ0v) is 33.0. The molecule has 4 atom stereocenters. The van der Waals surface area contributed by atoms with Crippen molar-refractivity contribution in [3.8, 4) is 16.1 Å². The van der Waals surface area contributed by atoms with Crippen LogP contribution in [0.5, 0.6) is 16.1 Å². The smallest absolute Gasteiger partial charge is 0.273 e. The molecule has 2 aliphatic heterocycles. The van der Waals surface area contributed by atoms with Gasteiger partial charge in [0.2, 0.25) is 0 Å². The van der Waals surface area contributed by atoms with Gasteiger partial charge >= 0.3 is 0 Å². The van der Waals surface area contributed by atoms with E-state index in [9.17, 15) is 10.2 Å². The average molecular weight is 771 g/mol. The normalized spacial score (nSPS) is 18.3. The number of aryl methyl sites for hydroxylation is 3. The number of halogens is 1. The van der Waals surface area contributed by atoms with Crippen LogP contribution in [0.2, 0.25) is 5.02 Å². The maximum atomic E-state index is 12.1. The van der Waals surface area contributed by atoms with Crippen molar-refractivity contribution in [2.24, 2.45) is 0 Å². The first-order valence-electron chi connectivity index (χ1n) is 18.0. The van der Waals surface area contributed by atoms with Crippen molar-refractivity contribution in [1.82, 2.24) is 19.8 Å². The molecule has 0 saturated carbocycles. The van der Waals surface area contributed by atoms with Crippen LogP contribution in [0.1, 0.15) is 30.8 Å². The summed E-state index contributed by atoms with van der Waals surface area (Å²) in [5.41, 5.74) is 5.09. The van der Waals surface area contributed by atoms with Gasteiger partial charge in [0.25, 0.3) is 10.4 Å². The summed E-state index contributed by atoms with van der Waals surface area (Å²) in [7, 11) is 0. The molecule has 2 aromatic heterocycles. The van der Waals surface area contributed by atoms with Gasteiger partial charge in [-0.3, -0.25) is 9.80 Å². The third kappa shape index (κ3) is 9.87. The van der Waals surface area contributed by atoms with Gasteiger partial charge in [0.15, 0.2) is 0 Å². The standard InChI is InChI=1S/C38H51ClN6O5S2/c1-25(2)49-34-9-7-6-8-31(34)44-16-18-45(19-17-44)35(33(47)22-48-37-40-27(4)23-51-37)36(50-38-41-28(5)24-52-38)32(46)21-42-12-14-43(15-13-42)30-11-10-29(39)20-26(30)3/h6-11,20,23-25,32-33,35-36,46-47H,12-19,21-22H2,1-5H3. The summed E-state index contributed by atoms with van der Waals surface area (Å²) in [6.45, 7) is 16.3. The van der Waals surface area contributed by atoms with Gasteiger partial charge in [-0.2, -0.15) is 0 Å². The van der Waals surface area contributed by atoms with Gasteiger partial charge < -0.3 is 34.2 Å². The zero-order valence-electron chi connectivity index (χ0n) is 30.7. The van der Waals surface area contributed by atoms with Crippen LogP contribution in [-0.2, 0) is 0 Å². The van der Waals surface area contributed by atoms with Crippen molar-refractivity contribution in [3.05, 3.63) is 75.2 Å². The number of para-hydroxylation sites is 2. The first kappa shape index (κ1) is 38.6. The van der Waals surface area contributed by atoms with Crippen LogP contribution in [0.3, 0.4) is 0 Å². The first-order chi connectivity index (χ1) is 25.0. The Balaban J connectivity index is 1.21. The maximum Gasteiger partial charge on any atom is 0.273 e. The van der Waals surface area contributed by atoms with E-state index in [-0.39, 0.29) is 12.7 Å². The molecule has 11 nitrogen and oxygen atoms in total. The number of piperazine rings is 2. The van der Waals surface area contributed by atoms with Gasteiger partial charge in [-0.1, -0.05) is 46.4 Å². The SMILES string of the molecule is Cc1csc(OCC(O)C(C(Oc2nc(C)cs2)C(O)CN2CCN(c3ccc(Cl)cc3C)CC2)N2CCN(c3ccccc3OC(C)C)CC2)n1. The monoisotopic (exact) mass is 770 g/mol. The Kier molecular flexibility index (Phi) is 13.2. The number of rotatable bonds is 15. The molecule has 2 fully saturated rings. The molecule has 2 saturated heterocycles. The molecule has 0 amide bonds. The number of thiazole rings is 2. The molecule has 52 heavy (non-hydrogen) atoms. The van der Waals surface area contributed by atoms with E-state index in [4.69, 9.17) is 25.8 Å². The number of nitrogens with zero attached hydrogens (tertiary/aromatic N) is 6. The van der Waals surface area contributed by atoms with Crippen molar-refractivity contribution in [2.75, 3.05) is 75.3 Å². The molecule has 282 valence electrons. The van der Waals surface area contributed by atoms with Gasteiger partial charge in [-0.15, -0.1) is 0 Å². The summed E-state index contributed by atoms with van der Waals surface area (Å²) in [5, 5.41) is 29.7. The lowest BCUT2D eigenvalue weighted by molar-refractivity contribution is -0.0854. The van der Waals surface area contributed by atoms with E-state index in [1.807, 2.05) is 68.8 Å². The number of anilines is 2. The number of benzene rings is 2. The Bertz CT molecular complexity index is 1730. The van der Waals surface area contributed by atoms with E-state index in [1.165, 1.54) is 28.4 Å². The second-order valence-corrected chi connectivity index (χ2v) is 16.0. The Hall–Kier alpha value is -3.17. The highest BCUT2D eigenvalue weighted by molar-refractivity contribution is 7.11. The Morgan fingerprint density at radius 1 is 0.769 bits per heavy atom. The lowest BCUT2D eigenvalue weighted by Crippen LogP contribution is -2.64. The topological polar surface area (TPSA) is 107 Å². The molecule has 4 unspecified atom stereocenters. The van der Waals surface area contributed by atoms with Crippen LogP contribution in [0.4, 0.5) is 11.4 Å². The molecule has 4 aromatic rings. The molecular weight excluding hydrogens is 720 g/mol. The summed E-state index contributed by atoms with van der Waals surface area (Å²) in [6.07, 6.45) is -2.64. The highest BCUT2D eigenvalue weighted by Crippen LogP contribution is 2.32. The number of β-amino-alcohol motifs (C(OH)–C–C–N with tert-alkyl or cyclic N) is 1. The third-order valence-electron chi connectivity index (χ3n) is 9.54. The van der Waals surface area contributed by atoms with Crippen LogP contribution in [0.15, 0.2) is 53.2 Å². The Morgan fingerprint density at radius 2 is 1.40 bits per heavy atom. The zero-order chi connectivity index (χ0) is 36.8. The third-order valence-corrected chi connectivity index (χ3v) is 11.5. The van der Waals surface area contributed by atoms with Crippen LogP contribution in [-0.4, -0.2) is 126 Å². The van der Waals surface area contributed by atoms with Crippen molar-refractivity contribution < 1.29 is 24.4 Å². The highest BCUT2D eigenvalue weighted by Gasteiger charge is 2.42. The first-order valence-corrected chi connectivity index (χ1v) is 20.2. The van der Waals surface area contributed by atoms with E-state index in [0.717, 1.165) is 59.6 Å². The summed E-state index contributed by atoms with van der Waals surface area (Å²) in [4.78, 5) is 18.2. The van der Waals surface area contributed by atoms with Crippen LogP contribution < -0.4 is 24.0 Å². The summed E-state index contributed by atoms with van der Waals surface area (Å²) in [5.74, 6) is 0.858. The summed E-state index contributed by atoms with van der Waals surface area (Å²) >= 11 is 9.03. The highest BCUT2D eigenvalue weighted by atomic mass is 35.5. The van der Waals surface area contributed by atoms with Gasteiger partial charge in [-0.25, -0.2) is 9.97 Å². The Labute approximate surface area is 320 Å². The molecule has 0 radical (unpaired) electrons. The fourth-order valence-corrected chi connectivity index (χ4v) is 8.62. The predicted molar refractivity (Wildman–Crippen MR) is 210 cm³/mol. The number of ether oxygens (including phenoxy) is 3. The number of aromatic nitrogens is 2. The molecule has 0 spiro atoms. The summed E-state index contributed by atoms with van der Waals surface area (Å²) in [6, 6.07) is 13.6. The molecule has 4 heterocycles. The largest absolute Gasteiger partial charge is 0.489 e. The average Bonchev–Trinajstić information content (AvgIpc) is 3.74. The van der Waals surface area contributed by atoms with Crippen LogP contribution in [0.25, 0.3) is 0 Å². The number of aliphatic hydroxyl groups is 2. The van der Waals surface area contributed by atoms with Gasteiger partial charge in [0.05, 0.1) is 29.2 Å². The molecule has 6 rings (SSSR count). The molecule has 14 heteroatoms. The van der Waals surface area contributed by atoms with E-state index in [1.54, 1.807) is 0 Å². The second-order valence-electron chi connectivity index (χ2n) is 13.9. The van der Waals surface area contributed by atoms with Crippen molar-refractivity contribution >= 4 is 45.6 Å². The number of hydrogen-bond acceptors (Lipinski definition) is 13. The van der Waals surface area contributed by atoms with Crippen molar-refractivity contribution in [1.29, 1.82) is 0 Å². The van der Waals surface area contributed by atoms with Crippen molar-refractivity contribution in [3.63, 3.8) is 0 Å². The van der Waals surface area contributed by atoms with Crippen LogP contribution >= 0.6 is 34.3 Å². The molecule has 2 aromatic carbocycles. The number of aliphatic hydroxyl groups excluding tert-OH is 2. The molecular formula is C38H51ClN6O5S2. The molecule has 2 N–H and O–H groups in total. The second kappa shape index (κ2) is 17.8. The molecule has 2 aliphatic rings. The van der Waals surface area contributed by atoms with Crippen molar-refractivity contribution in [2.45, 2.75) is 65.1 Å².